The summed E-state index contributed by atoms with van der Waals surface area (Å²) in [5, 5.41) is 2.51. The molecule has 1 heterocycles. The molecule has 0 amide bonds. The van der Waals surface area contributed by atoms with Crippen LogP contribution in [0.4, 0.5) is 0 Å². The smallest absolute Gasteiger partial charge is 0.0743 e. The van der Waals surface area contributed by atoms with Gasteiger partial charge in [0.2, 0.25) is 0 Å². The van der Waals surface area contributed by atoms with E-state index in [0.29, 0.717) is 5.92 Å². The Morgan fingerprint density at radius 2 is 1.69 bits per heavy atom. The molecular weight excluding hydrogens is 369 g/mol. The average Bonchev–Trinajstić information content (AvgIpc) is 2.81. The van der Waals surface area contributed by atoms with E-state index in [1.807, 2.05) is 12.9 Å². The van der Waals surface area contributed by atoms with Crippen LogP contribution in [0.2, 0.25) is 0 Å². The molecule has 2 heteroatoms. The maximum absolute atomic E-state index is 4.96. The molecule has 0 radical (unpaired) electrons. The van der Waals surface area contributed by atoms with Gasteiger partial charge in [-0.1, -0.05) is 98.6 Å². The summed E-state index contributed by atoms with van der Waals surface area (Å²) in [5.74, 6) is 0.497. The van der Waals surface area contributed by atoms with Crippen molar-refractivity contribution in [2.45, 2.75) is 26.2 Å². The molecule has 4 rings (SSSR count). The highest BCUT2D eigenvalue weighted by Gasteiger charge is 2.20. The lowest BCUT2D eigenvalue weighted by molar-refractivity contribution is 0.686. The van der Waals surface area contributed by atoms with Crippen molar-refractivity contribution in [3.05, 3.63) is 96.9 Å². The number of hydrogen-bond acceptors (Lipinski definition) is 1. The summed E-state index contributed by atoms with van der Waals surface area (Å²) in [6, 6.07) is 19.2. The fraction of sp³-hybridized carbons (Fsp3) is 0.222. The Labute approximate surface area is 177 Å². The van der Waals surface area contributed by atoms with Crippen LogP contribution in [0.3, 0.4) is 0 Å². The maximum Gasteiger partial charge on any atom is 0.0743 e. The average molecular weight is 400 g/mol. The van der Waals surface area contributed by atoms with Crippen LogP contribution in [0, 0.1) is 5.92 Å². The predicted octanol–water partition coefficient (Wildman–Crippen LogP) is 7.71. The summed E-state index contributed by atoms with van der Waals surface area (Å²) >= 11 is 0. The van der Waals surface area contributed by atoms with Gasteiger partial charge in [0.1, 0.15) is 0 Å². The second-order valence-electron chi connectivity index (χ2n) is 7.03. The number of fused-ring (bicyclic) bond motifs is 1. The van der Waals surface area contributed by atoms with Gasteiger partial charge in [-0.25, -0.2) is 0 Å². The third kappa shape index (κ3) is 4.92. The van der Waals surface area contributed by atoms with E-state index in [9.17, 15) is 0 Å². The zero-order valence-electron chi connectivity index (χ0n) is 17.4. The molecule has 0 bridgehead atoms. The Morgan fingerprint density at radius 1 is 0.966 bits per heavy atom. The summed E-state index contributed by atoms with van der Waals surface area (Å²) in [7, 11) is 2.42. The third-order valence-electron chi connectivity index (χ3n) is 5.25. The van der Waals surface area contributed by atoms with Crippen LogP contribution in [-0.2, 0) is 0 Å². The van der Waals surface area contributed by atoms with Crippen LogP contribution >= 0.6 is 9.24 Å². The third-order valence-corrected chi connectivity index (χ3v) is 5.25. The largest absolute Gasteiger partial charge is 0.255 e. The van der Waals surface area contributed by atoms with Gasteiger partial charge in [-0.15, -0.1) is 9.24 Å². The summed E-state index contributed by atoms with van der Waals surface area (Å²) in [4.78, 5) is 4.96. The summed E-state index contributed by atoms with van der Waals surface area (Å²) < 4.78 is 0. The second-order valence-corrected chi connectivity index (χ2v) is 7.03. The number of allylic oxidation sites excluding steroid dienone is 6. The molecule has 1 nitrogen and oxygen atoms in total. The highest BCUT2D eigenvalue weighted by atomic mass is 31.0. The van der Waals surface area contributed by atoms with Crippen molar-refractivity contribution in [2.75, 3.05) is 6.66 Å². The van der Waals surface area contributed by atoms with Gasteiger partial charge in [-0.05, 0) is 41.7 Å². The molecule has 0 saturated carbocycles. The van der Waals surface area contributed by atoms with E-state index in [2.05, 4.69) is 101 Å². The first-order valence-electron chi connectivity index (χ1n) is 10.4. The Hall–Kier alpha value is -2.50. The molecular formula is C27H30NP. The quantitative estimate of drug-likeness (QED) is 0.316. The fourth-order valence-corrected chi connectivity index (χ4v) is 3.87. The van der Waals surface area contributed by atoms with Gasteiger partial charge in [0.15, 0.2) is 0 Å². The molecule has 2 unspecified atom stereocenters. The van der Waals surface area contributed by atoms with Crippen molar-refractivity contribution < 1.29 is 0 Å². The number of nitrogens with zero attached hydrogens (tertiary/aromatic N) is 1. The minimum atomic E-state index is 0.497. The number of rotatable bonds is 5. The van der Waals surface area contributed by atoms with Crippen molar-refractivity contribution in [3.8, 4) is 11.1 Å². The number of hydrogen-bond donors (Lipinski definition) is 0. The van der Waals surface area contributed by atoms with Crippen LogP contribution in [0.25, 0.3) is 27.5 Å². The number of aromatic nitrogens is 1. The Bertz CT molecular complexity index is 1020. The Morgan fingerprint density at radius 3 is 2.45 bits per heavy atom. The molecule has 0 saturated heterocycles. The van der Waals surface area contributed by atoms with Gasteiger partial charge in [0.05, 0.1) is 5.69 Å². The topological polar surface area (TPSA) is 12.9 Å². The first-order valence-corrected chi connectivity index (χ1v) is 11.6. The number of pyridine rings is 1. The lowest BCUT2D eigenvalue weighted by Crippen LogP contribution is -2.07. The van der Waals surface area contributed by atoms with Gasteiger partial charge in [-0.2, -0.15) is 0 Å². The Kier molecular flexibility index (Phi) is 7.96. The molecule has 1 aliphatic carbocycles. The molecule has 0 aliphatic heterocycles. The van der Waals surface area contributed by atoms with Crippen LogP contribution in [0.5, 0.6) is 0 Å². The van der Waals surface area contributed by atoms with Crippen molar-refractivity contribution in [1.82, 2.24) is 4.98 Å². The minimum Gasteiger partial charge on any atom is -0.255 e. The molecule has 0 fully saturated rings. The molecule has 3 aromatic rings. The van der Waals surface area contributed by atoms with Crippen molar-refractivity contribution in [2.24, 2.45) is 5.92 Å². The van der Waals surface area contributed by atoms with Gasteiger partial charge in [0.25, 0.3) is 0 Å². The van der Waals surface area contributed by atoms with Crippen molar-refractivity contribution in [3.63, 3.8) is 0 Å². The first-order chi connectivity index (χ1) is 14.4. The van der Waals surface area contributed by atoms with Gasteiger partial charge in [-0.3, -0.25) is 4.98 Å². The van der Waals surface area contributed by atoms with Crippen LogP contribution in [-0.4, -0.2) is 11.6 Å². The van der Waals surface area contributed by atoms with E-state index in [-0.39, 0.29) is 0 Å². The van der Waals surface area contributed by atoms with Crippen molar-refractivity contribution in [1.29, 1.82) is 0 Å². The number of benzene rings is 2. The lowest BCUT2D eigenvalue weighted by atomic mass is 9.84. The van der Waals surface area contributed by atoms with Crippen LogP contribution in [0.1, 0.15) is 31.9 Å². The lowest BCUT2D eigenvalue weighted by Gasteiger charge is -2.22. The minimum absolute atomic E-state index is 0.497. The predicted molar refractivity (Wildman–Crippen MR) is 132 cm³/mol. The monoisotopic (exact) mass is 399 g/mol. The molecule has 2 aromatic carbocycles. The van der Waals surface area contributed by atoms with E-state index < -0.39 is 0 Å². The zero-order chi connectivity index (χ0) is 20.5. The fourth-order valence-electron chi connectivity index (χ4n) is 3.87. The van der Waals surface area contributed by atoms with E-state index in [1.165, 1.54) is 27.5 Å². The van der Waals surface area contributed by atoms with Gasteiger partial charge >= 0.3 is 0 Å². The standard InChI is InChI=1S/C26H25N.CH5P/c1-2-3-5-12-20-15-8-9-16-22(20)26-24-18-11-10-17-23(24)25(19-27-26)21-13-6-4-7-14-21;1-2/h3-11,13-14,16-20H,2,12,15H2,1H3;2H2,1H3. The highest BCUT2D eigenvalue weighted by molar-refractivity contribution is 7.15. The molecule has 0 spiro atoms. The van der Waals surface area contributed by atoms with E-state index in [4.69, 9.17) is 4.98 Å². The normalized spacial score (nSPS) is 15.8. The van der Waals surface area contributed by atoms with Gasteiger partial charge in [0, 0.05) is 17.1 Å². The second kappa shape index (κ2) is 10.9. The molecule has 29 heavy (non-hydrogen) atoms. The SMILES string of the molecule is CCC=CCC1CC=CC=C1c1ncc(-c2ccccc2)c2ccccc12.CP. The van der Waals surface area contributed by atoms with E-state index >= 15 is 0 Å². The molecule has 148 valence electrons. The first kappa shape index (κ1) is 21.2. The summed E-state index contributed by atoms with van der Waals surface area (Å²) in [6.45, 7) is 4.10. The zero-order valence-corrected chi connectivity index (χ0v) is 18.5. The van der Waals surface area contributed by atoms with E-state index in [0.717, 1.165) is 25.0 Å². The maximum atomic E-state index is 4.96. The molecule has 2 atom stereocenters. The van der Waals surface area contributed by atoms with Crippen LogP contribution < -0.4 is 0 Å². The van der Waals surface area contributed by atoms with Crippen LogP contribution in [0.15, 0.2) is 91.2 Å². The highest BCUT2D eigenvalue weighted by Crippen LogP contribution is 2.37. The van der Waals surface area contributed by atoms with Gasteiger partial charge < -0.3 is 0 Å². The van der Waals surface area contributed by atoms with E-state index in [1.54, 1.807) is 0 Å². The molecule has 1 aliphatic rings. The molecule has 1 aromatic heterocycles. The Balaban J connectivity index is 0.00000117. The summed E-state index contributed by atoms with van der Waals surface area (Å²) in [6.07, 6.45) is 16.6. The van der Waals surface area contributed by atoms with Crippen molar-refractivity contribution >= 4 is 25.6 Å². The summed E-state index contributed by atoms with van der Waals surface area (Å²) in [5.41, 5.74) is 4.90. The molecule has 0 N–H and O–H groups in total.